The van der Waals surface area contributed by atoms with Crippen molar-refractivity contribution < 1.29 is 0 Å². The topological polar surface area (TPSA) is 38.4 Å². The second kappa shape index (κ2) is 7.33. The SMILES string of the molecule is Cl.NC1=NC(CCc2ccccc2)CCCC1. The van der Waals surface area contributed by atoms with Gasteiger partial charge in [0.15, 0.2) is 0 Å². The van der Waals surface area contributed by atoms with Crippen molar-refractivity contribution in [2.75, 3.05) is 0 Å². The molecule has 1 unspecified atom stereocenters. The molecule has 3 heteroatoms. The molecule has 1 aliphatic heterocycles. The lowest BCUT2D eigenvalue weighted by Crippen LogP contribution is -2.14. The molecule has 1 aromatic carbocycles. The highest BCUT2D eigenvalue weighted by molar-refractivity contribution is 5.85. The quantitative estimate of drug-likeness (QED) is 0.880. The third-order valence-electron chi connectivity index (χ3n) is 3.18. The number of aryl methyl sites for hydroxylation is 1. The Bertz CT molecular complexity index is 348. The van der Waals surface area contributed by atoms with E-state index < -0.39 is 0 Å². The van der Waals surface area contributed by atoms with Crippen LogP contribution in [0.5, 0.6) is 0 Å². The van der Waals surface area contributed by atoms with Crippen LogP contribution in [-0.4, -0.2) is 11.9 Å². The zero-order valence-electron chi connectivity index (χ0n) is 10.1. The maximum absolute atomic E-state index is 5.84. The summed E-state index contributed by atoms with van der Waals surface area (Å²) < 4.78 is 0. The Hall–Kier alpha value is -1.02. The predicted molar refractivity (Wildman–Crippen MR) is 75.9 cm³/mol. The number of nitrogens with zero attached hydrogens (tertiary/aromatic N) is 1. The summed E-state index contributed by atoms with van der Waals surface area (Å²) in [5, 5.41) is 0. The monoisotopic (exact) mass is 252 g/mol. The maximum Gasteiger partial charge on any atom is 0.0940 e. The summed E-state index contributed by atoms with van der Waals surface area (Å²) in [6, 6.07) is 11.1. The summed E-state index contributed by atoms with van der Waals surface area (Å²) >= 11 is 0. The van der Waals surface area contributed by atoms with Gasteiger partial charge in [0, 0.05) is 6.42 Å². The van der Waals surface area contributed by atoms with Crippen LogP contribution < -0.4 is 5.73 Å². The Balaban J connectivity index is 0.00000144. The summed E-state index contributed by atoms with van der Waals surface area (Å²) in [4.78, 5) is 4.59. The molecule has 0 saturated carbocycles. The zero-order chi connectivity index (χ0) is 11.2. The zero-order valence-corrected chi connectivity index (χ0v) is 11.0. The number of amidine groups is 1. The molecule has 0 radical (unpaired) electrons. The minimum Gasteiger partial charge on any atom is -0.387 e. The van der Waals surface area contributed by atoms with E-state index in [0.717, 1.165) is 25.1 Å². The molecule has 0 aromatic heterocycles. The molecule has 0 aliphatic carbocycles. The largest absolute Gasteiger partial charge is 0.387 e. The first-order valence-electron chi connectivity index (χ1n) is 6.20. The lowest BCUT2D eigenvalue weighted by atomic mass is 10.0. The van der Waals surface area contributed by atoms with Crippen molar-refractivity contribution >= 4 is 18.2 Å². The van der Waals surface area contributed by atoms with Crippen LogP contribution in [0.1, 0.15) is 37.7 Å². The van der Waals surface area contributed by atoms with Crippen LogP contribution in [-0.2, 0) is 6.42 Å². The predicted octanol–water partition coefficient (Wildman–Crippen LogP) is 3.34. The third-order valence-corrected chi connectivity index (χ3v) is 3.18. The second-order valence-corrected chi connectivity index (χ2v) is 4.54. The summed E-state index contributed by atoms with van der Waals surface area (Å²) in [6.45, 7) is 0. The maximum atomic E-state index is 5.84. The Morgan fingerprint density at radius 1 is 1.18 bits per heavy atom. The molecule has 2 rings (SSSR count). The van der Waals surface area contributed by atoms with Crippen molar-refractivity contribution in [2.24, 2.45) is 10.7 Å². The highest BCUT2D eigenvalue weighted by atomic mass is 35.5. The van der Waals surface area contributed by atoms with Gasteiger partial charge in [-0.3, -0.25) is 4.99 Å². The summed E-state index contributed by atoms with van der Waals surface area (Å²) in [7, 11) is 0. The Kier molecular flexibility index (Phi) is 6.06. The van der Waals surface area contributed by atoms with E-state index in [1.54, 1.807) is 0 Å². The molecule has 94 valence electrons. The fraction of sp³-hybridized carbons (Fsp3) is 0.500. The Morgan fingerprint density at radius 2 is 1.94 bits per heavy atom. The molecule has 1 aromatic rings. The number of benzene rings is 1. The van der Waals surface area contributed by atoms with Gasteiger partial charge in [-0.25, -0.2) is 0 Å². The first-order chi connectivity index (χ1) is 7.84. The van der Waals surface area contributed by atoms with Crippen molar-refractivity contribution in [1.29, 1.82) is 0 Å². The highest BCUT2D eigenvalue weighted by Gasteiger charge is 2.11. The Labute approximate surface area is 110 Å². The van der Waals surface area contributed by atoms with Crippen LogP contribution in [0.2, 0.25) is 0 Å². The first kappa shape index (κ1) is 14.0. The molecule has 1 atom stereocenters. The summed E-state index contributed by atoms with van der Waals surface area (Å²) in [5.74, 6) is 0.857. The van der Waals surface area contributed by atoms with E-state index in [9.17, 15) is 0 Å². The molecule has 0 saturated heterocycles. The summed E-state index contributed by atoms with van der Waals surface area (Å²) in [5.41, 5.74) is 7.25. The van der Waals surface area contributed by atoms with E-state index >= 15 is 0 Å². The number of hydrogen-bond donors (Lipinski definition) is 1. The molecular weight excluding hydrogens is 232 g/mol. The van der Waals surface area contributed by atoms with Crippen LogP contribution in [0, 0.1) is 0 Å². The van der Waals surface area contributed by atoms with Crippen molar-refractivity contribution in [3.63, 3.8) is 0 Å². The minimum absolute atomic E-state index is 0. The van der Waals surface area contributed by atoms with Crippen LogP contribution in [0.4, 0.5) is 0 Å². The lowest BCUT2D eigenvalue weighted by Gasteiger charge is -2.10. The molecule has 0 bridgehead atoms. The van der Waals surface area contributed by atoms with Gasteiger partial charge in [0.1, 0.15) is 0 Å². The van der Waals surface area contributed by atoms with Crippen molar-refractivity contribution in [3.05, 3.63) is 35.9 Å². The van der Waals surface area contributed by atoms with Crippen LogP contribution in [0.3, 0.4) is 0 Å². The van der Waals surface area contributed by atoms with Crippen LogP contribution in [0.25, 0.3) is 0 Å². The van der Waals surface area contributed by atoms with Crippen molar-refractivity contribution in [1.82, 2.24) is 0 Å². The van der Waals surface area contributed by atoms with Gasteiger partial charge in [-0.2, -0.15) is 0 Å². The molecule has 1 aliphatic rings. The average molecular weight is 253 g/mol. The van der Waals surface area contributed by atoms with Crippen molar-refractivity contribution in [2.45, 2.75) is 44.6 Å². The van der Waals surface area contributed by atoms with Crippen LogP contribution >= 0.6 is 12.4 Å². The van der Waals surface area contributed by atoms with Gasteiger partial charge in [-0.05, 0) is 31.2 Å². The second-order valence-electron chi connectivity index (χ2n) is 4.54. The number of hydrogen-bond acceptors (Lipinski definition) is 2. The molecule has 0 amide bonds. The molecule has 0 spiro atoms. The highest BCUT2D eigenvalue weighted by Crippen LogP contribution is 2.17. The minimum atomic E-state index is 0. The van der Waals surface area contributed by atoms with E-state index in [-0.39, 0.29) is 12.4 Å². The third kappa shape index (κ3) is 4.78. The van der Waals surface area contributed by atoms with E-state index in [1.807, 2.05) is 0 Å². The van der Waals surface area contributed by atoms with Gasteiger partial charge in [-0.15, -0.1) is 12.4 Å². The number of rotatable bonds is 3. The van der Waals surface area contributed by atoms with E-state index in [2.05, 4.69) is 35.3 Å². The smallest absolute Gasteiger partial charge is 0.0940 e. The lowest BCUT2D eigenvalue weighted by molar-refractivity contribution is 0.553. The normalized spacial score (nSPS) is 20.0. The summed E-state index contributed by atoms with van der Waals surface area (Å²) in [6.07, 6.45) is 6.91. The van der Waals surface area contributed by atoms with Crippen LogP contribution in [0.15, 0.2) is 35.3 Å². The van der Waals surface area contributed by atoms with E-state index in [1.165, 1.54) is 24.8 Å². The fourth-order valence-corrected chi connectivity index (χ4v) is 2.24. The standard InChI is InChI=1S/C14H20N2.ClH/c15-14-9-5-4-8-13(16-14)11-10-12-6-2-1-3-7-12;/h1-3,6-7,13H,4-5,8-11H2,(H2,15,16);1H. The molecule has 17 heavy (non-hydrogen) atoms. The van der Waals surface area contributed by atoms with E-state index in [0.29, 0.717) is 6.04 Å². The molecule has 2 nitrogen and oxygen atoms in total. The van der Waals surface area contributed by atoms with Gasteiger partial charge >= 0.3 is 0 Å². The molecular formula is C14H21ClN2. The van der Waals surface area contributed by atoms with E-state index in [4.69, 9.17) is 5.73 Å². The van der Waals surface area contributed by atoms with Gasteiger partial charge < -0.3 is 5.73 Å². The number of nitrogens with two attached hydrogens (primary N) is 1. The van der Waals surface area contributed by atoms with Gasteiger partial charge in [0.2, 0.25) is 0 Å². The van der Waals surface area contributed by atoms with Crippen molar-refractivity contribution in [3.8, 4) is 0 Å². The molecule has 0 fully saturated rings. The number of halogens is 1. The number of aliphatic imine (C=N–C) groups is 1. The van der Waals surface area contributed by atoms with Gasteiger partial charge in [-0.1, -0.05) is 36.8 Å². The molecule has 2 N–H and O–H groups in total. The average Bonchev–Trinajstić information content (AvgIpc) is 2.52. The molecule has 1 heterocycles. The van der Waals surface area contributed by atoms with Gasteiger partial charge in [0.05, 0.1) is 11.9 Å². The van der Waals surface area contributed by atoms with Gasteiger partial charge in [0.25, 0.3) is 0 Å². The first-order valence-corrected chi connectivity index (χ1v) is 6.20. The fourth-order valence-electron chi connectivity index (χ4n) is 2.24. The Morgan fingerprint density at radius 3 is 2.71 bits per heavy atom.